The summed E-state index contributed by atoms with van der Waals surface area (Å²) in [5.74, 6) is 0.923. The molecule has 5 heteroatoms. The third-order valence-corrected chi connectivity index (χ3v) is 3.54. The molecule has 1 aromatic rings. The van der Waals surface area contributed by atoms with Crippen molar-refractivity contribution in [2.45, 2.75) is 44.8 Å². The molecule has 0 aromatic carbocycles. The SMILES string of the molecule is CC(NC1CCN(C)C(C)C1)c1ncn[nH]1. The Balaban J connectivity index is 1.86. The van der Waals surface area contributed by atoms with Crippen LogP contribution >= 0.6 is 0 Å². The quantitative estimate of drug-likeness (QED) is 0.800. The number of rotatable bonds is 3. The molecule has 2 N–H and O–H groups in total. The van der Waals surface area contributed by atoms with Gasteiger partial charge in [0.1, 0.15) is 12.2 Å². The van der Waals surface area contributed by atoms with Gasteiger partial charge in [-0.05, 0) is 40.3 Å². The zero-order valence-electron chi connectivity index (χ0n) is 10.3. The van der Waals surface area contributed by atoms with Gasteiger partial charge in [0.15, 0.2) is 0 Å². The predicted octanol–water partition coefficient (Wildman–Crippen LogP) is 0.938. The lowest BCUT2D eigenvalue weighted by molar-refractivity contribution is 0.163. The van der Waals surface area contributed by atoms with Crippen LogP contribution in [0, 0.1) is 0 Å². The van der Waals surface area contributed by atoms with Crippen molar-refractivity contribution >= 4 is 0 Å². The van der Waals surface area contributed by atoms with Crippen molar-refractivity contribution < 1.29 is 0 Å². The molecule has 3 unspecified atom stereocenters. The van der Waals surface area contributed by atoms with Crippen LogP contribution in [-0.4, -0.2) is 45.8 Å². The van der Waals surface area contributed by atoms with E-state index in [1.165, 1.54) is 19.4 Å². The van der Waals surface area contributed by atoms with Crippen molar-refractivity contribution in [3.05, 3.63) is 12.2 Å². The summed E-state index contributed by atoms with van der Waals surface area (Å²) in [6, 6.07) is 1.50. The average Bonchev–Trinajstić information content (AvgIpc) is 2.77. The minimum absolute atomic E-state index is 0.253. The van der Waals surface area contributed by atoms with Gasteiger partial charge in [-0.3, -0.25) is 5.10 Å². The second-order valence-corrected chi connectivity index (χ2v) is 4.81. The van der Waals surface area contributed by atoms with Crippen molar-refractivity contribution in [2.75, 3.05) is 13.6 Å². The number of hydrogen-bond acceptors (Lipinski definition) is 4. The molecule has 0 spiro atoms. The van der Waals surface area contributed by atoms with Crippen LogP contribution in [0.5, 0.6) is 0 Å². The topological polar surface area (TPSA) is 56.8 Å². The molecule has 0 saturated carbocycles. The molecule has 5 nitrogen and oxygen atoms in total. The highest BCUT2D eigenvalue weighted by molar-refractivity contribution is 4.92. The van der Waals surface area contributed by atoms with E-state index >= 15 is 0 Å². The van der Waals surface area contributed by atoms with Gasteiger partial charge in [-0.15, -0.1) is 0 Å². The highest BCUT2D eigenvalue weighted by Gasteiger charge is 2.24. The summed E-state index contributed by atoms with van der Waals surface area (Å²) < 4.78 is 0. The molecule has 1 fully saturated rings. The molecule has 0 aliphatic carbocycles. The summed E-state index contributed by atoms with van der Waals surface area (Å²) in [7, 11) is 2.20. The number of hydrogen-bond donors (Lipinski definition) is 2. The first-order valence-corrected chi connectivity index (χ1v) is 5.98. The van der Waals surface area contributed by atoms with E-state index in [-0.39, 0.29) is 6.04 Å². The lowest BCUT2D eigenvalue weighted by atomic mass is 9.98. The molecule has 0 amide bonds. The Hall–Kier alpha value is -0.940. The number of nitrogens with one attached hydrogen (secondary N) is 2. The van der Waals surface area contributed by atoms with E-state index in [9.17, 15) is 0 Å². The van der Waals surface area contributed by atoms with Crippen LogP contribution in [0.1, 0.15) is 38.6 Å². The van der Waals surface area contributed by atoms with Crippen molar-refractivity contribution in [1.29, 1.82) is 0 Å². The molecule has 2 rings (SSSR count). The van der Waals surface area contributed by atoms with E-state index in [0.29, 0.717) is 12.1 Å². The molecule has 90 valence electrons. The van der Waals surface area contributed by atoms with Gasteiger partial charge in [0, 0.05) is 12.1 Å². The Kier molecular flexibility index (Phi) is 3.56. The second-order valence-electron chi connectivity index (χ2n) is 4.81. The van der Waals surface area contributed by atoms with Crippen molar-refractivity contribution in [3.63, 3.8) is 0 Å². The van der Waals surface area contributed by atoms with Gasteiger partial charge in [-0.1, -0.05) is 0 Å². The van der Waals surface area contributed by atoms with Gasteiger partial charge < -0.3 is 10.2 Å². The Morgan fingerprint density at radius 3 is 3.06 bits per heavy atom. The maximum atomic E-state index is 4.18. The summed E-state index contributed by atoms with van der Waals surface area (Å²) >= 11 is 0. The third kappa shape index (κ3) is 2.59. The fourth-order valence-corrected chi connectivity index (χ4v) is 2.30. The number of aromatic amines is 1. The van der Waals surface area contributed by atoms with E-state index in [2.05, 4.69) is 46.3 Å². The molecule has 0 radical (unpaired) electrons. The average molecular weight is 223 g/mol. The first-order chi connectivity index (χ1) is 7.66. The summed E-state index contributed by atoms with van der Waals surface area (Å²) in [5.41, 5.74) is 0. The van der Waals surface area contributed by atoms with Gasteiger partial charge in [0.25, 0.3) is 0 Å². The third-order valence-electron chi connectivity index (χ3n) is 3.54. The first-order valence-electron chi connectivity index (χ1n) is 5.98. The number of nitrogens with zero attached hydrogens (tertiary/aromatic N) is 3. The highest BCUT2D eigenvalue weighted by atomic mass is 15.2. The molecule has 1 aromatic heterocycles. The summed E-state index contributed by atoms with van der Waals surface area (Å²) in [4.78, 5) is 6.59. The van der Waals surface area contributed by atoms with Gasteiger partial charge >= 0.3 is 0 Å². The smallest absolute Gasteiger partial charge is 0.141 e. The maximum absolute atomic E-state index is 4.18. The largest absolute Gasteiger partial charge is 0.305 e. The van der Waals surface area contributed by atoms with Gasteiger partial charge in [0.2, 0.25) is 0 Å². The molecule has 1 saturated heterocycles. The van der Waals surface area contributed by atoms with Crippen molar-refractivity contribution in [2.24, 2.45) is 0 Å². The fourth-order valence-electron chi connectivity index (χ4n) is 2.30. The number of aromatic nitrogens is 3. The number of H-pyrrole nitrogens is 1. The zero-order chi connectivity index (χ0) is 11.5. The molecular weight excluding hydrogens is 202 g/mol. The number of likely N-dealkylation sites (tertiary alicyclic amines) is 1. The molecular formula is C11H21N5. The Morgan fingerprint density at radius 2 is 2.44 bits per heavy atom. The normalized spacial score (nSPS) is 29.2. The van der Waals surface area contributed by atoms with Crippen molar-refractivity contribution in [3.8, 4) is 0 Å². The van der Waals surface area contributed by atoms with Crippen LogP contribution in [0.2, 0.25) is 0 Å². The minimum Gasteiger partial charge on any atom is -0.305 e. The van der Waals surface area contributed by atoms with E-state index in [4.69, 9.17) is 0 Å². The molecule has 3 atom stereocenters. The molecule has 0 bridgehead atoms. The zero-order valence-corrected chi connectivity index (χ0v) is 10.3. The lowest BCUT2D eigenvalue weighted by Gasteiger charge is -2.36. The standard InChI is InChI=1S/C11H21N5/c1-8-6-10(4-5-16(8)3)14-9(2)11-12-7-13-15-11/h7-10,14H,4-6H2,1-3H3,(H,12,13,15). The predicted molar refractivity (Wildman–Crippen MR) is 63.0 cm³/mol. The fraction of sp³-hybridized carbons (Fsp3) is 0.818. The lowest BCUT2D eigenvalue weighted by Crippen LogP contribution is -2.46. The summed E-state index contributed by atoms with van der Waals surface area (Å²) in [6.07, 6.45) is 3.97. The van der Waals surface area contributed by atoms with Crippen LogP contribution in [0.3, 0.4) is 0 Å². The van der Waals surface area contributed by atoms with Gasteiger partial charge in [0.05, 0.1) is 6.04 Å². The van der Waals surface area contributed by atoms with E-state index in [1.807, 2.05) is 0 Å². The van der Waals surface area contributed by atoms with Crippen LogP contribution in [0.25, 0.3) is 0 Å². The maximum Gasteiger partial charge on any atom is 0.141 e. The number of piperidine rings is 1. The van der Waals surface area contributed by atoms with Gasteiger partial charge in [-0.25, -0.2) is 4.98 Å². The summed E-state index contributed by atoms with van der Waals surface area (Å²) in [6.45, 7) is 5.58. The molecule has 1 aliphatic heterocycles. The van der Waals surface area contributed by atoms with Crippen molar-refractivity contribution in [1.82, 2.24) is 25.4 Å². The summed E-state index contributed by atoms with van der Waals surface area (Å²) in [5, 5.41) is 10.4. The minimum atomic E-state index is 0.253. The molecule has 2 heterocycles. The van der Waals surface area contributed by atoms with Crippen LogP contribution in [0.15, 0.2) is 6.33 Å². The van der Waals surface area contributed by atoms with Crippen LogP contribution in [0.4, 0.5) is 0 Å². The Morgan fingerprint density at radius 1 is 1.62 bits per heavy atom. The van der Waals surface area contributed by atoms with Crippen LogP contribution < -0.4 is 5.32 Å². The van der Waals surface area contributed by atoms with E-state index in [0.717, 1.165) is 5.82 Å². The Bertz CT molecular complexity index is 310. The molecule has 1 aliphatic rings. The second kappa shape index (κ2) is 4.93. The highest BCUT2D eigenvalue weighted by Crippen LogP contribution is 2.18. The monoisotopic (exact) mass is 223 g/mol. The Labute approximate surface area is 96.6 Å². The van der Waals surface area contributed by atoms with E-state index in [1.54, 1.807) is 6.33 Å². The van der Waals surface area contributed by atoms with E-state index < -0.39 is 0 Å². The molecule has 16 heavy (non-hydrogen) atoms. The van der Waals surface area contributed by atoms with Gasteiger partial charge in [-0.2, -0.15) is 5.10 Å². The van der Waals surface area contributed by atoms with Crippen LogP contribution in [-0.2, 0) is 0 Å². The first kappa shape index (κ1) is 11.5.